The van der Waals surface area contributed by atoms with Crippen LogP contribution in [0.1, 0.15) is 36.8 Å². The number of anilines is 3. The number of likely N-dealkylation sites (tertiary alicyclic amines) is 1. The third kappa shape index (κ3) is 6.64. The highest BCUT2D eigenvalue weighted by Crippen LogP contribution is 2.48. The first kappa shape index (κ1) is 33.8. The molecule has 16 heteroatoms. The van der Waals surface area contributed by atoms with Gasteiger partial charge in [0.25, 0.3) is 20.4 Å². The molecule has 0 radical (unpaired) electrons. The van der Waals surface area contributed by atoms with E-state index in [1.54, 1.807) is 35.2 Å². The van der Waals surface area contributed by atoms with E-state index in [9.17, 15) is 21.6 Å². The first-order chi connectivity index (χ1) is 22.2. The molecule has 2 fully saturated rings. The van der Waals surface area contributed by atoms with Gasteiger partial charge in [0.05, 0.1) is 21.4 Å². The van der Waals surface area contributed by atoms with Gasteiger partial charge in [-0.15, -0.1) is 0 Å². The van der Waals surface area contributed by atoms with E-state index < -0.39 is 20.4 Å². The number of urea groups is 1. The van der Waals surface area contributed by atoms with Gasteiger partial charge in [-0.2, -0.15) is 16.8 Å². The molecule has 4 aliphatic heterocycles. The van der Waals surface area contributed by atoms with Crippen LogP contribution in [-0.4, -0.2) is 67.0 Å². The standard InChI is InChI=1S/C19H20Cl2N4O3S.C12H17N3O2S/c20-15-6-5-13(11-16(15)21)23-18(26)24-9-7-19(8-10-24)12-25(29(22,27)28)17-4-2-1-3-14(17)19;13-18(16,17)15-9-12(5-7-14-8-6-12)10-3-1-2-4-11(10)15/h1-6,11H,7-10,12H2,(H,23,26)(H2,22,27,28);1-4,14H,5-9H2,(H2,13,16,17). The zero-order chi connectivity index (χ0) is 33.6. The lowest BCUT2D eigenvalue weighted by atomic mass is 9.74. The molecule has 3 aromatic rings. The number of benzene rings is 3. The van der Waals surface area contributed by atoms with Crippen molar-refractivity contribution in [2.45, 2.75) is 36.5 Å². The van der Waals surface area contributed by atoms with E-state index in [2.05, 4.69) is 10.6 Å². The van der Waals surface area contributed by atoms with Crippen LogP contribution in [0.4, 0.5) is 21.9 Å². The Kier molecular flexibility index (Phi) is 9.15. The van der Waals surface area contributed by atoms with Gasteiger partial charge in [0, 0.05) is 42.7 Å². The van der Waals surface area contributed by atoms with Crippen molar-refractivity contribution < 1.29 is 21.6 Å². The first-order valence-electron chi connectivity index (χ1n) is 15.2. The van der Waals surface area contributed by atoms with Gasteiger partial charge in [-0.25, -0.2) is 15.1 Å². The van der Waals surface area contributed by atoms with Crippen molar-refractivity contribution in [1.82, 2.24) is 10.2 Å². The minimum Gasteiger partial charge on any atom is -0.324 e. The van der Waals surface area contributed by atoms with Crippen molar-refractivity contribution in [3.05, 3.63) is 87.9 Å². The number of nitrogens with one attached hydrogen (secondary N) is 2. The molecule has 2 amide bonds. The molecule has 0 aromatic heterocycles. The maximum atomic E-state index is 12.6. The summed E-state index contributed by atoms with van der Waals surface area (Å²) in [7, 11) is -7.53. The molecule has 47 heavy (non-hydrogen) atoms. The summed E-state index contributed by atoms with van der Waals surface area (Å²) in [5, 5.41) is 17.7. The van der Waals surface area contributed by atoms with Crippen molar-refractivity contribution in [1.29, 1.82) is 0 Å². The lowest BCUT2D eigenvalue weighted by Crippen LogP contribution is -2.49. The van der Waals surface area contributed by atoms with Crippen LogP contribution in [0.3, 0.4) is 0 Å². The first-order valence-corrected chi connectivity index (χ1v) is 19.0. The molecular formula is C31H37Cl2N7O5S2. The summed E-state index contributed by atoms with van der Waals surface area (Å²) in [5.41, 5.74) is 3.64. The van der Waals surface area contributed by atoms with Gasteiger partial charge in [-0.1, -0.05) is 59.6 Å². The average molecular weight is 723 g/mol. The molecular weight excluding hydrogens is 685 g/mol. The van der Waals surface area contributed by atoms with Gasteiger partial charge < -0.3 is 15.5 Å². The highest BCUT2D eigenvalue weighted by atomic mass is 35.5. The lowest BCUT2D eigenvalue weighted by molar-refractivity contribution is 0.173. The SMILES string of the molecule is NS(=O)(=O)N1CC2(CCN(C(=O)Nc3ccc(Cl)c(Cl)c3)CC2)c2ccccc21.NS(=O)(=O)N1CC2(CCNCC2)c2ccccc21. The molecule has 2 saturated heterocycles. The van der Waals surface area contributed by atoms with Crippen LogP contribution in [0.15, 0.2) is 66.7 Å². The molecule has 4 heterocycles. The Hall–Kier alpha value is -3.11. The van der Waals surface area contributed by atoms with Crippen LogP contribution in [0.5, 0.6) is 0 Å². The zero-order valence-corrected chi connectivity index (χ0v) is 28.7. The second kappa shape index (κ2) is 12.7. The largest absolute Gasteiger partial charge is 0.324 e. The Morgan fingerprint density at radius 2 is 1.21 bits per heavy atom. The number of carbonyl (C=O) groups excluding carboxylic acids is 1. The van der Waals surface area contributed by atoms with Crippen LogP contribution in [0.2, 0.25) is 10.0 Å². The summed E-state index contributed by atoms with van der Waals surface area (Å²) < 4.78 is 50.2. The minimum absolute atomic E-state index is 0.0612. The van der Waals surface area contributed by atoms with Gasteiger partial charge in [0.15, 0.2) is 0 Å². The number of nitrogens with zero attached hydrogens (tertiary/aromatic N) is 3. The van der Waals surface area contributed by atoms with Crippen LogP contribution in [0.25, 0.3) is 0 Å². The Morgan fingerprint density at radius 1 is 0.723 bits per heavy atom. The van der Waals surface area contributed by atoms with Gasteiger partial charge in [-0.3, -0.25) is 8.61 Å². The second-order valence-corrected chi connectivity index (χ2v) is 16.3. The van der Waals surface area contributed by atoms with Gasteiger partial charge in [0.2, 0.25) is 0 Å². The molecule has 0 bridgehead atoms. The maximum absolute atomic E-state index is 12.6. The fourth-order valence-corrected chi connectivity index (χ4v) is 9.32. The second-order valence-electron chi connectivity index (χ2n) is 12.5. The summed E-state index contributed by atoms with van der Waals surface area (Å²) in [6, 6.07) is 19.8. The van der Waals surface area contributed by atoms with E-state index in [0.29, 0.717) is 60.4 Å². The van der Waals surface area contributed by atoms with E-state index in [4.69, 9.17) is 33.5 Å². The fourth-order valence-electron chi connectivity index (χ4n) is 7.30. The van der Waals surface area contributed by atoms with Gasteiger partial charge in [-0.05, 0) is 80.2 Å². The molecule has 4 aliphatic rings. The third-order valence-electron chi connectivity index (χ3n) is 9.73. The van der Waals surface area contributed by atoms with Gasteiger partial charge in [0.1, 0.15) is 0 Å². The number of para-hydroxylation sites is 2. The number of rotatable bonds is 3. The molecule has 7 rings (SSSR count). The molecule has 252 valence electrons. The van der Waals surface area contributed by atoms with Crippen LogP contribution in [-0.2, 0) is 31.2 Å². The normalized spacial score (nSPS) is 19.6. The van der Waals surface area contributed by atoms with E-state index in [1.807, 2.05) is 36.4 Å². The quantitative estimate of drug-likeness (QED) is 0.320. The molecule has 0 aliphatic carbocycles. The predicted octanol–water partition coefficient (Wildman–Crippen LogP) is 3.91. The van der Waals surface area contributed by atoms with Crippen molar-refractivity contribution in [2.75, 3.05) is 53.2 Å². The van der Waals surface area contributed by atoms with Crippen LogP contribution >= 0.6 is 23.2 Å². The number of hydrogen-bond acceptors (Lipinski definition) is 6. The molecule has 0 atom stereocenters. The van der Waals surface area contributed by atoms with Gasteiger partial charge >= 0.3 is 6.03 Å². The molecule has 2 spiro atoms. The highest BCUT2D eigenvalue weighted by Gasteiger charge is 2.48. The summed E-state index contributed by atoms with van der Waals surface area (Å²) >= 11 is 11.9. The van der Waals surface area contributed by atoms with Crippen molar-refractivity contribution in [3.63, 3.8) is 0 Å². The number of nitrogens with two attached hydrogens (primary N) is 2. The highest BCUT2D eigenvalue weighted by molar-refractivity contribution is 7.90. The van der Waals surface area contributed by atoms with Crippen molar-refractivity contribution in [3.8, 4) is 0 Å². The van der Waals surface area contributed by atoms with E-state index in [1.165, 1.54) is 8.61 Å². The molecule has 0 saturated carbocycles. The third-order valence-corrected chi connectivity index (χ3v) is 12.4. The number of hydrogen-bond donors (Lipinski definition) is 4. The van der Waals surface area contributed by atoms with Crippen molar-refractivity contribution in [2.24, 2.45) is 10.3 Å². The van der Waals surface area contributed by atoms with E-state index in [-0.39, 0.29) is 16.9 Å². The molecule has 0 unspecified atom stereocenters. The average Bonchev–Trinajstić information content (AvgIpc) is 3.54. The Morgan fingerprint density at radius 3 is 1.70 bits per heavy atom. The Balaban J connectivity index is 0.000000183. The number of piperidine rings is 2. The zero-order valence-electron chi connectivity index (χ0n) is 25.5. The molecule has 12 nitrogen and oxygen atoms in total. The van der Waals surface area contributed by atoms with E-state index in [0.717, 1.165) is 42.7 Å². The summed E-state index contributed by atoms with van der Waals surface area (Å²) in [6.45, 7) is 3.62. The van der Waals surface area contributed by atoms with Crippen molar-refractivity contribution >= 4 is 66.7 Å². The fraction of sp³-hybridized carbons (Fsp3) is 0.387. The smallest absolute Gasteiger partial charge is 0.321 e. The van der Waals surface area contributed by atoms with Crippen LogP contribution in [0, 0.1) is 0 Å². The monoisotopic (exact) mass is 721 g/mol. The number of fused-ring (bicyclic) bond motifs is 4. The minimum atomic E-state index is -3.85. The predicted molar refractivity (Wildman–Crippen MR) is 186 cm³/mol. The Labute approximate surface area is 285 Å². The number of amides is 2. The summed E-state index contributed by atoms with van der Waals surface area (Å²) in [5.74, 6) is 0. The summed E-state index contributed by atoms with van der Waals surface area (Å²) in [6.07, 6.45) is 3.20. The topological polar surface area (TPSA) is 171 Å². The maximum Gasteiger partial charge on any atom is 0.321 e. The molecule has 6 N–H and O–H groups in total. The molecule has 3 aromatic carbocycles. The number of carbonyl (C=O) groups is 1. The van der Waals surface area contributed by atoms with E-state index >= 15 is 0 Å². The van der Waals surface area contributed by atoms with Crippen LogP contribution < -0.4 is 29.5 Å². The Bertz CT molecular complexity index is 1900. The lowest BCUT2D eigenvalue weighted by Gasteiger charge is -2.39. The number of halogens is 2. The summed E-state index contributed by atoms with van der Waals surface area (Å²) in [4.78, 5) is 14.4.